The minimum atomic E-state index is -0.730. The molecule has 9 heteroatoms. The first kappa shape index (κ1) is 20.9. The van der Waals surface area contributed by atoms with Crippen LogP contribution in [0.15, 0.2) is 48.5 Å². The zero-order chi connectivity index (χ0) is 23.2. The minimum Gasteiger partial charge on any atom is -0.350 e. The monoisotopic (exact) mass is 443 g/mol. The number of aryl methyl sites for hydroxylation is 2. The lowest BCUT2D eigenvalue weighted by molar-refractivity contribution is -0.129. The Balaban J connectivity index is 1.43. The van der Waals surface area contributed by atoms with Crippen LogP contribution in [0.5, 0.6) is 0 Å². The Bertz CT molecular complexity index is 1360. The van der Waals surface area contributed by atoms with Crippen molar-refractivity contribution >= 4 is 22.7 Å². The van der Waals surface area contributed by atoms with E-state index in [2.05, 4.69) is 49.7 Å². The van der Waals surface area contributed by atoms with Crippen LogP contribution >= 0.6 is 0 Å². The maximum atomic E-state index is 12.5. The quantitative estimate of drug-likeness (QED) is 0.476. The lowest BCUT2D eigenvalue weighted by Crippen LogP contribution is -2.48. The van der Waals surface area contributed by atoms with E-state index in [4.69, 9.17) is 0 Å². The predicted octanol–water partition coefficient (Wildman–Crippen LogP) is 2.41. The van der Waals surface area contributed by atoms with Gasteiger partial charge in [0.25, 0.3) is 0 Å². The van der Waals surface area contributed by atoms with Gasteiger partial charge >= 0.3 is 0 Å². The molecule has 2 N–H and O–H groups in total. The van der Waals surface area contributed by atoms with Crippen LogP contribution in [0.2, 0.25) is 0 Å². The SMILES string of the molecule is CC(=O)NC1(C(=O)NCc2ccc(-n3c(-c4nnn(C)n4)c(C)c4ccccc43)cc2)CC1. The molecule has 2 aromatic carbocycles. The number of para-hydroxylation sites is 1. The molecule has 4 aromatic rings. The fourth-order valence-electron chi connectivity index (χ4n) is 4.30. The summed E-state index contributed by atoms with van der Waals surface area (Å²) in [6.07, 6.45) is 1.35. The fourth-order valence-corrected chi connectivity index (χ4v) is 4.30. The third kappa shape index (κ3) is 3.75. The molecule has 1 saturated carbocycles. The molecule has 0 unspecified atom stereocenters. The molecule has 1 fully saturated rings. The largest absolute Gasteiger partial charge is 0.350 e. The van der Waals surface area contributed by atoms with Gasteiger partial charge in [-0.25, -0.2) is 0 Å². The minimum absolute atomic E-state index is 0.134. The Morgan fingerprint density at radius 1 is 1.09 bits per heavy atom. The van der Waals surface area contributed by atoms with Gasteiger partial charge < -0.3 is 15.2 Å². The van der Waals surface area contributed by atoms with Crippen LogP contribution in [0, 0.1) is 6.92 Å². The highest BCUT2D eigenvalue weighted by molar-refractivity contribution is 5.94. The summed E-state index contributed by atoms with van der Waals surface area (Å²) in [4.78, 5) is 25.3. The number of aromatic nitrogens is 5. The highest BCUT2D eigenvalue weighted by Crippen LogP contribution is 2.36. The number of amides is 2. The second kappa shape index (κ2) is 7.84. The molecule has 2 heterocycles. The maximum absolute atomic E-state index is 12.5. The zero-order valence-corrected chi connectivity index (χ0v) is 18.8. The lowest BCUT2D eigenvalue weighted by Gasteiger charge is -2.16. The van der Waals surface area contributed by atoms with Crippen molar-refractivity contribution in [3.63, 3.8) is 0 Å². The van der Waals surface area contributed by atoms with Gasteiger partial charge in [0, 0.05) is 24.5 Å². The number of nitrogens with one attached hydrogen (secondary N) is 2. The number of carbonyl (C=O) groups excluding carboxylic acids is 2. The number of carbonyl (C=O) groups is 2. The van der Waals surface area contributed by atoms with Crippen molar-refractivity contribution in [2.24, 2.45) is 7.05 Å². The predicted molar refractivity (Wildman–Crippen MR) is 123 cm³/mol. The van der Waals surface area contributed by atoms with Gasteiger partial charge in [0.1, 0.15) is 5.54 Å². The molecule has 2 aromatic heterocycles. The van der Waals surface area contributed by atoms with E-state index in [-0.39, 0.29) is 11.8 Å². The number of hydrogen-bond acceptors (Lipinski definition) is 5. The van der Waals surface area contributed by atoms with Gasteiger partial charge in [-0.2, -0.15) is 4.80 Å². The van der Waals surface area contributed by atoms with Crippen molar-refractivity contribution in [1.82, 2.24) is 35.4 Å². The Hall–Kier alpha value is -4.01. The Kier molecular flexibility index (Phi) is 4.96. The number of hydrogen-bond donors (Lipinski definition) is 2. The van der Waals surface area contributed by atoms with E-state index in [9.17, 15) is 9.59 Å². The van der Waals surface area contributed by atoms with Gasteiger partial charge in [-0.1, -0.05) is 30.3 Å². The molecule has 0 radical (unpaired) electrons. The molecule has 1 aliphatic rings. The molecule has 0 atom stereocenters. The molecule has 0 bridgehead atoms. The summed E-state index contributed by atoms with van der Waals surface area (Å²) in [5.74, 6) is 0.245. The first-order valence-electron chi connectivity index (χ1n) is 10.9. The Morgan fingerprint density at radius 2 is 1.82 bits per heavy atom. The van der Waals surface area contributed by atoms with Crippen LogP contribution in [0.3, 0.4) is 0 Å². The lowest BCUT2D eigenvalue weighted by atomic mass is 10.1. The average molecular weight is 444 g/mol. The topological polar surface area (TPSA) is 107 Å². The van der Waals surface area contributed by atoms with Gasteiger partial charge in [-0.05, 0) is 54.3 Å². The van der Waals surface area contributed by atoms with E-state index < -0.39 is 5.54 Å². The molecule has 168 valence electrons. The summed E-state index contributed by atoms with van der Waals surface area (Å²) in [6, 6.07) is 16.2. The second-order valence-electron chi connectivity index (χ2n) is 8.54. The van der Waals surface area contributed by atoms with Crippen LogP contribution in [0.25, 0.3) is 28.1 Å². The van der Waals surface area contributed by atoms with E-state index in [1.54, 1.807) is 7.05 Å². The molecule has 0 saturated heterocycles. The number of fused-ring (bicyclic) bond motifs is 1. The summed E-state index contributed by atoms with van der Waals surface area (Å²) in [5.41, 5.74) is 4.25. The molecular formula is C24H25N7O2. The standard InChI is InChI=1S/C24H25N7O2/c1-15-19-6-4-5-7-20(19)31(21(15)22-27-29-30(3)28-22)18-10-8-17(9-11-18)14-25-23(33)24(12-13-24)26-16(2)32/h4-11H,12-14H2,1-3H3,(H,25,33)(H,26,32). The summed E-state index contributed by atoms with van der Waals surface area (Å²) < 4.78 is 2.14. The number of rotatable bonds is 6. The number of tetrazole rings is 1. The third-order valence-electron chi connectivity index (χ3n) is 6.10. The zero-order valence-electron chi connectivity index (χ0n) is 18.8. The van der Waals surface area contributed by atoms with Gasteiger partial charge in [0.15, 0.2) is 0 Å². The highest BCUT2D eigenvalue weighted by atomic mass is 16.2. The summed E-state index contributed by atoms with van der Waals surface area (Å²) >= 11 is 0. The van der Waals surface area contributed by atoms with Crippen molar-refractivity contribution in [2.45, 2.75) is 38.8 Å². The molecule has 0 spiro atoms. The number of benzene rings is 2. The van der Waals surface area contributed by atoms with Crippen LogP contribution in [-0.4, -0.2) is 42.1 Å². The first-order chi connectivity index (χ1) is 15.9. The second-order valence-corrected chi connectivity index (χ2v) is 8.54. The fraction of sp³-hybridized carbons (Fsp3) is 0.292. The highest BCUT2D eigenvalue weighted by Gasteiger charge is 2.50. The summed E-state index contributed by atoms with van der Waals surface area (Å²) in [7, 11) is 1.75. The molecule has 5 rings (SSSR count). The normalized spacial score (nSPS) is 14.3. The van der Waals surface area contributed by atoms with E-state index in [0.717, 1.165) is 33.4 Å². The van der Waals surface area contributed by atoms with Crippen molar-refractivity contribution in [2.75, 3.05) is 0 Å². The van der Waals surface area contributed by atoms with Crippen LogP contribution < -0.4 is 10.6 Å². The Morgan fingerprint density at radius 3 is 2.45 bits per heavy atom. The molecule has 33 heavy (non-hydrogen) atoms. The molecule has 2 amide bonds. The van der Waals surface area contributed by atoms with E-state index in [1.165, 1.54) is 11.7 Å². The maximum Gasteiger partial charge on any atom is 0.246 e. The molecular weight excluding hydrogens is 418 g/mol. The van der Waals surface area contributed by atoms with E-state index in [0.29, 0.717) is 25.2 Å². The van der Waals surface area contributed by atoms with Crippen molar-refractivity contribution in [3.8, 4) is 17.2 Å². The van der Waals surface area contributed by atoms with E-state index >= 15 is 0 Å². The van der Waals surface area contributed by atoms with Crippen LogP contribution in [0.1, 0.15) is 30.9 Å². The molecule has 0 aliphatic heterocycles. The average Bonchev–Trinajstić information content (AvgIpc) is 3.35. The third-order valence-corrected chi connectivity index (χ3v) is 6.10. The molecule has 9 nitrogen and oxygen atoms in total. The first-order valence-corrected chi connectivity index (χ1v) is 10.9. The van der Waals surface area contributed by atoms with Crippen molar-refractivity contribution in [1.29, 1.82) is 0 Å². The van der Waals surface area contributed by atoms with Gasteiger partial charge in [-0.3, -0.25) is 9.59 Å². The van der Waals surface area contributed by atoms with Gasteiger partial charge in [0.05, 0.1) is 18.3 Å². The van der Waals surface area contributed by atoms with Crippen molar-refractivity contribution in [3.05, 3.63) is 59.7 Å². The Labute approximate surface area is 190 Å². The summed E-state index contributed by atoms with van der Waals surface area (Å²) in [5, 5.41) is 19.5. The molecule has 1 aliphatic carbocycles. The number of nitrogens with zero attached hydrogens (tertiary/aromatic N) is 5. The van der Waals surface area contributed by atoms with Gasteiger partial charge in [0.2, 0.25) is 17.6 Å². The van der Waals surface area contributed by atoms with Gasteiger partial charge in [-0.15, -0.1) is 10.2 Å². The summed E-state index contributed by atoms with van der Waals surface area (Å²) in [6.45, 7) is 3.89. The van der Waals surface area contributed by atoms with Crippen LogP contribution in [-0.2, 0) is 23.2 Å². The van der Waals surface area contributed by atoms with E-state index in [1.807, 2.05) is 36.4 Å². The smallest absolute Gasteiger partial charge is 0.246 e. The van der Waals surface area contributed by atoms with Crippen LogP contribution in [0.4, 0.5) is 0 Å². The van der Waals surface area contributed by atoms with Crippen molar-refractivity contribution < 1.29 is 9.59 Å².